The highest BCUT2D eigenvalue weighted by molar-refractivity contribution is 7.97. The molecule has 0 spiro atoms. The maximum Gasteiger partial charge on any atom is 0.140 e. The normalized spacial score (nSPS) is 17.4. The summed E-state index contributed by atoms with van der Waals surface area (Å²) in [4.78, 5) is 7.59. The molecule has 1 atom stereocenters. The summed E-state index contributed by atoms with van der Waals surface area (Å²) in [7, 11) is 0. The summed E-state index contributed by atoms with van der Waals surface area (Å²) >= 11 is 1.59. The van der Waals surface area contributed by atoms with Gasteiger partial charge in [0.2, 0.25) is 0 Å². The van der Waals surface area contributed by atoms with Crippen LogP contribution in [0.3, 0.4) is 0 Å². The molecule has 0 aliphatic carbocycles. The van der Waals surface area contributed by atoms with Gasteiger partial charge in [-0.3, -0.25) is 9.62 Å². The summed E-state index contributed by atoms with van der Waals surface area (Å²) in [5.74, 6) is 0.928. The van der Waals surface area contributed by atoms with Crippen LogP contribution in [-0.2, 0) is 6.54 Å². The Morgan fingerprint density at radius 2 is 2.12 bits per heavy atom. The molecule has 136 valence electrons. The second-order valence-corrected chi connectivity index (χ2v) is 7.65. The SMILES string of the molecule is CC(C)Oc1ccc(CN2CCC(NSc3ccc(C#N)nc3)C2)cc1. The van der Waals surface area contributed by atoms with E-state index in [1.165, 1.54) is 5.56 Å². The molecule has 2 aromatic rings. The number of benzene rings is 1. The number of ether oxygens (including phenoxy) is 1. The molecule has 1 fully saturated rings. The standard InChI is InChI=1S/C20H24N4OS/c1-15(2)25-19-6-3-16(4-7-19)13-24-10-9-18(14-24)23-26-20-8-5-17(11-21)22-12-20/h3-8,12,15,18,23H,9-10,13-14H2,1-2H3. The third-order valence-electron chi connectivity index (χ3n) is 4.17. The predicted molar refractivity (Wildman–Crippen MR) is 104 cm³/mol. The van der Waals surface area contributed by atoms with Gasteiger partial charge in [0.05, 0.1) is 6.10 Å². The van der Waals surface area contributed by atoms with E-state index in [9.17, 15) is 0 Å². The van der Waals surface area contributed by atoms with Crippen molar-refractivity contribution in [3.8, 4) is 11.8 Å². The predicted octanol–water partition coefficient (Wildman–Crippen LogP) is 3.61. The average molecular weight is 369 g/mol. The van der Waals surface area contributed by atoms with Gasteiger partial charge in [0, 0.05) is 36.8 Å². The topological polar surface area (TPSA) is 61.2 Å². The van der Waals surface area contributed by atoms with Crippen molar-refractivity contribution in [2.24, 2.45) is 0 Å². The number of nitrogens with one attached hydrogen (secondary N) is 1. The van der Waals surface area contributed by atoms with E-state index in [1.807, 2.05) is 26.0 Å². The van der Waals surface area contributed by atoms with Crippen LogP contribution in [-0.4, -0.2) is 35.1 Å². The monoisotopic (exact) mass is 368 g/mol. The molecule has 26 heavy (non-hydrogen) atoms. The zero-order chi connectivity index (χ0) is 18.4. The van der Waals surface area contributed by atoms with Gasteiger partial charge in [-0.15, -0.1) is 0 Å². The quantitative estimate of drug-likeness (QED) is 0.754. The second kappa shape index (κ2) is 9.04. The smallest absolute Gasteiger partial charge is 0.140 e. The Morgan fingerprint density at radius 3 is 2.77 bits per heavy atom. The third kappa shape index (κ3) is 5.46. The molecule has 5 nitrogen and oxygen atoms in total. The van der Waals surface area contributed by atoms with Crippen LogP contribution in [0.5, 0.6) is 5.75 Å². The average Bonchev–Trinajstić information content (AvgIpc) is 3.09. The zero-order valence-electron chi connectivity index (χ0n) is 15.2. The Bertz CT molecular complexity index is 740. The van der Waals surface area contributed by atoms with Crippen LogP contribution in [0.1, 0.15) is 31.5 Å². The lowest BCUT2D eigenvalue weighted by molar-refractivity contribution is 0.242. The molecule has 3 rings (SSSR count). The van der Waals surface area contributed by atoms with Crippen LogP contribution in [0, 0.1) is 11.3 Å². The Hall–Kier alpha value is -2.07. The van der Waals surface area contributed by atoms with Crippen molar-refractivity contribution < 1.29 is 4.74 Å². The van der Waals surface area contributed by atoms with E-state index < -0.39 is 0 Å². The van der Waals surface area contributed by atoms with Gasteiger partial charge in [0.25, 0.3) is 0 Å². The van der Waals surface area contributed by atoms with Crippen molar-refractivity contribution in [1.82, 2.24) is 14.6 Å². The number of aromatic nitrogens is 1. The molecule has 1 unspecified atom stereocenters. The largest absolute Gasteiger partial charge is 0.491 e. The number of hydrogen-bond donors (Lipinski definition) is 1. The Labute approximate surface area is 159 Å². The molecular weight excluding hydrogens is 344 g/mol. The van der Waals surface area contributed by atoms with E-state index >= 15 is 0 Å². The van der Waals surface area contributed by atoms with Crippen LogP contribution in [0.25, 0.3) is 0 Å². The summed E-state index contributed by atoms with van der Waals surface area (Å²) in [6, 6.07) is 14.6. The highest BCUT2D eigenvalue weighted by Crippen LogP contribution is 2.20. The fourth-order valence-electron chi connectivity index (χ4n) is 2.93. The third-order valence-corrected chi connectivity index (χ3v) is 5.10. The van der Waals surface area contributed by atoms with Gasteiger partial charge in [-0.05, 0) is 62.0 Å². The first-order chi connectivity index (χ1) is 12.6. The molecule has 1 N–H and O–H groups in total. The highest BCUT2D eigenvalue weighted by Gasteiger charge is 2.22. The minimum atomic E-state index is 0.204. The molecule has 1 aliphatic heterocycles. The first kappa shape index (κ1) is 18.7. The molecule has 1 aromatic carbocycles. The number of likely N-dealkylation sites (tertiary alicyclic amines) is 1. The summed E-state index contributed by atoms with van der Waals surface area (Å²) < 4.78 is 9.21. The molecular formula is C20H24N4OS. The molecule has 2 heterocycles. The minimum absolute atomic E-state index is 0.204. The number of nitrogens with zero attached hydrogens (tertiary/aromatic N) is 3. The van der Waals surface area contributed by atoms with Crippen LogP contribution in [0.2, 0.25) is 0 Å². The summed E-state index contributed by atoms with van der Waals surface area (Å²) in [6.45, 7) is 7.16. The lowest BCUT2D eigenvalue weighted by atomic mass is 10.2. The first-order valence-electron chi connectivity index (χ1n) is 8.89. The number of nitriles is 1. The van der Waals surface area contributed by atoms with E-state index in [0.717, 1.165) is 36.7 Å². The first-order valence-corrected chi connectivity index (χ1v) is 9.70. The molecule has 1 aliphatic rings. The Kier molecular flexibility index (Phi) is 6.51. The van der Waals surface area contributed by atoms with Crippen LogP contribution >= 0.6 is 11.9 Å². The van der Waals surface area contributed by atoms with E-state index in [4.69, 9.17) is 10.00 Å². The van der Waals surface area contributed by atoms with Crippen molar-refractivity contribution in [2.45, 2.75) is 43.9 Å². The maximum absolute atomic E-state index is 8.79. The maximum atomic E-state index is 8.79. The van der Waals surface area contributed by atoms with Gasteiger partial charge < -0.3 is 4.74 Å². The lowest BCUT2D eigenvalue weighted by Gasteiger charge is -2.17. The summed E-state index contributed by atoms with van der Waals surface area (Å²) in [5.41, 5.74) is 1.76. The highest BCUT2D eigenvalue weighted by atomic mass is 32.2. The van der Waals surface area contributed by atoms with Gasteiger partial charge in [-0.1, -0.05) is 12.1 Å². The number of hydrogen-bond acceptors (Lipinski definition) is 6. The molecule has 1 aromatic heterocycles. The minimum Gasteiger partial charge on any atom is -0.491 e. The van der Waals surface area contributed by atoms with Gasteiger partial charge >= 0.3 is 0 Å². The van der Waals surface area contributed by atoms with E-state index in [1.54, 1.807) is 24.2 Å². The molecule has 0 saturated carbocycles. The van der Waals surface area contributed by atoms with Crippen molar-refractivity contribution in [2.75, 3.05) is 13.1 Å². The fraction of sp³-hybridized carbons (Fsp3) is 0.400. The Balaban J connectivity index is 1.44. The van der Waals surface area contributed by atoms with Crippen molar-refractivity contribution in [3.05, 3.63) is 53.9 Å². The van der Waals surface area contributed by atoms with Gasteiger partial charge in [-0.2, -0.15) is 5.26 Å². The van der Waals surface area contributed by atoms with Gasteiger partial charge in [-0.25, -0.2) is 4.98 Å². The second-order valence-electron chi connectivity index (χ2n) is 6.74. The van der Waals surface area contributed by atoms with Crippen molar-refractivity contribution in [3.63, 3.8) is 0 Å². The Morgan fingerprint density at radius 1 is 1.31 bits per heavy atom. The van der Waals surface area contributed by atoms with Crippen molar-refractivity contribution in [1.29, 1.82) is 5.26 Å². The molecule has 0 radical (unpaired) electrons. The van der Waals surface area contributed by atoms with Crippen molar-refractivity contribution >= 4 is 11.9 Å². The molecule has 6 heteroatoms. The lowest BCUT2D eigenvalue weighted by Crippen LogP contribution is -2.28. The van der Waals surface area contributed by atoms with E-state index in [0.29, 0.717) is 11.7 Å². The van der Waals surface area contributed by atoms with E-state index in [-0.39, 0.29) is 6.10 Å². The summed E-state index contributed by atoms with van der Waals surface area (Å²) in [5, 5.41) is 8.79. The van der Waals surface area contributed by atoms with Crippen LogP contribution in [0.15, 0.2) is 47.5 Å². The van der Waals surface area contributed by atoms with E-state index in [2.05, 4.69) is 38.9 Å². The fourth-order valence-corrected chi connectivity index (χ4v) is 3.67. The van der Waals surface area contributed by atoms with Crippen LogP contribution in [0.4, 0.5) is 0 Å². The van der Waals surface area contributed by atoms with Crippen LogP contribution < -0.4 is 9.46 Å². The number of rotatable bonds is 7. The van der Waals surface area contributed by atoms with Gasteiger partial charge in [0.15, 0.2) is 0 Å². The molecule has 0 bridgehead atoms. The molecule has 0 amide bonds. The summed E-state index contributed by atoms with van der Waals surface area (Å²) in [6.07, 6.45) is 3.07. The van der Waals surface area contributed by atoms with Gasteiger partial charge in [0.1, 0.15) is 17.5 Å². The molecule has 1 saturated heterocycles. The zero-order valence-corrected chi connectivity index (χ0v) is 16.0. The number of pyridine rings is 1.